The molecule has 22 heteroatoms. The second kappa shape index (κ2) is 20.4. The van der Waals surface area contributed by atoms with Gasteiger partial charge in [0.25, 0.3) is 0 Å². The second-order valence-corrected chi connectivity index (χ2v) is 22.4. The van der Waals surface area contributed by atoms with E-state index in [0.29, 0.717) is 62.8 Å². The van der Waals surface area contributed by atoms with E-state index in [-0.39, 0.29) is 58.2 Å². The maximum atomic E-state index is 15.1. The van der Waals surface area contributed by atoms with Gasteiger partial charge >= 0.3 is 12.1 Å². The lowest BCUT2D eigenvalue weighted by atomic mass is 9.98. The van der Waals surface area contributed by atoms with Crippen LogP contribution in [0.1, 0.15) is 51.6 Å². The van der Waals surface area contributed by atoms with Crippen molar-refractivity contribution < 1.29 is 22.8 Å². The van der Waals surface area contributed by atoms with Crippen molar-refractivity contribution in [2.45, 2.75) is 52.4 Å². The molecule has 4 amide bonds. The number of hydrogen-bond acceptors (Lipinski definition) is 12. The molecular formula is C52H46Cl3F3N12O2S2. The van der Waals surface area contributed by atoms with Gasteiger partial charge in [0.05, 0.1) is 63.3 Å². The summed E-state index contributed by atoms with van der Waals surface area (Å²) in [6.07, 6.45) is 3.14. The van der Waals surface area contributed by atoms with Crippen LogP contribution in [0, 0.1) is 17.5 Å². The van der Waals surface area contributed by atoms with Gasteiger partial charge in [0.1, 0.15) is 28.8 Å². The Labute approximate surface area is 447 Å². The Morgan fingerprint density at radius 2 is 0.973 bits per heavy atom. The van der Waals surface area contributed by atoms with Crippen LogP contribution in [0.15, 0.2) is 97.3 Å². The molecule has 6 heterocycles. The number of aromatic nitrogens is 6. The van der Waals surface area contributed by atoms with Crippen LogP contribution in [0.2, 0.25) is 15.1 Å². The fraction of sp³-hybridized carbons (Fsp3) is 0.231. The summed E-state index contributed by atoms with van der Waals surface area (Å²) in [7, 11) is 0. The van der Waals surface area contributed by atoms with Crippen LogP contribution in [0.3, 0.4) is 0 Å². The Morgan fingerprint density at radius 3 is 1.42 bits per heavy atom. The van der Waals surface area contributed by atoms with E-state index < -0.39 is 23.5 Å². The number of urea groups is 2. The molecule has 2 aliphatic rings. The average molecular weight is 1100 g/mol. The van der Waals surface area contributed by atoms with Crippen LogP contribution in [0.4, 0.5) is 57.4 Å². The van der Waals surface area contributed by atoms with E-state index in [1.807, 2.05) is 0 Å². The van der Waals surface area contributed by atoms with Crippen LogP contribution < -0.4 is 31.1 Å². The van der Waals surface area contributed by atoms with Crippen LogP contribution in [-0.2, 0) is 10.8 Å². The Kier molecular flexibility index (Phi) is 14.4. The number of amides is 4. The predicted molar refractivity (Wildman–Crippen MR) is 291 cm³/mol. The summed E-state index contributed by atoms with van der Waals surface area (Å²) in [6, 6.07) is 20.8. The number of benzene rings is 4. The number of nitrogen functional groups attached to an aromatic ring is 2. The van der Waals surface area contributed by atoms with Gasteiger partial charge in [0.15, 0.2) is 0 Å². The van der Waals surface area contributed by atoms with Crippen molar-refractivity contribution in [3.05, 3.63) is 140 Å². The van der Waals surface area contributed by atoms with Crippen molar-refractivity contribution in [2.24, 2.45) is 0 Å². The third kappa shape index (κ3) is 10.6. The predicted octanol–water partition coefficient (Wildman–Crippen LogP) is 13.6. The lowest BCUT2D eigenvalue weighted by molar-refractivity contribution is 0.255. The van der Waals surface area contributed by atoms with Crippen LogP contribution in [-0.4, -0.2) is 68.1 Å². The summed E-state index contributed by atoms with van der Waals surface area (Å²) in [5.41, 5.74) is 16.2. The first kappa shape index (κ1) is 52.0. The van der Waals surface area contributed by atoms with Crippen LogP contribution >= 0.6 is 57.5 Å². The monoisotopic (exact) mass is 1100 g/mol. The van der Waals surface area contributed by atoms with E-state index in [0.717, 1.165) is 31.4 Å². The van der Waals surface area contributed by atoms with Gasteiger partial charge < -0.3 is 11.5 Å². The van der Waals surface area contributed by atoms with Crippen molar-refractivity contribution in [3.63, 3.8) is 0 Å². The van der Waals surface area contributed by atoms with Crippen molar-refractivity contribution in [3.8, 4) is 43.7 Å². The number of anilines is 6. The fourth-order valence-corrected chi connectivity index (χ4v) is 10.9. The summed E-state index contributed by atoms with van der Waals surface area (Å²) in [5, 5.41) is 2.61. The van der Waals surface area contributed by atoms with E-state index in [1.165, 1.54) is 61.6 Å². The average Bonchev–Trinajstić information content (AvgIpc) is 4.16. The summed E-state index contributed by atoms with van der Waals surface area (Å²) in [5.74, 6) is -1.29. The third-order valence-electron chi connectivity index (χ3n) is 11.8. The van der Waals surface area contributed by atoms with Gasteiger partial charge in [0.2, 0.25) is 11.9 Å². The van der Waals surface area contributed by atoms with Gasteiger partial charge in [-0.1, -0.05) is 88.5 Å². The lowest BCUT2D eigenvalue weighted by Crippen LogP contribution is -2.32. The fourth-order valence-electron chi connectivity index (χ4n) is 8.09. The first-order chi connectivity index (χ1) is 35.0. The molecule has 4 N–H and O–H groups in total. The van der Waals surface area contributed by atoms with E-state index >= 15 is 8.78 Å². The minimum atomic E-state index is -0.544. The molecule has 74 heavy (non-hydrogen) atoms. The van der Waals surface area contributed by atoms with Crippen molar-refractivity contribution >= 4 is 104 Å². The van der Waals surface area contributed by atoms with Gasteiger partial charge in [-0.05, 0) is 83.9 Å². The molecule has 8 aromatic rings. The molecule has 2 aliphatic heterocycles. The molecule has 380 valence electrons. The first-order valence-corrected chi connectivity index (χ1v) is 25.7. The third-order valence-corrected chi connectivity index (χ3v) is 15.9. The van der Waals surface area contributed by atoms with Crippen LogP contribution in [0.5, 0.6) is 0 Å². The molecule has 14 nitrogen and oxygen atoms in total. The molecule has 2 saturated heterocycles. The van der Waals surface area contributed by atoms with Crippen molar-refractivity contribution in [1.29, 1.82) is 0 Å². The van der Waals surface area contributed by atoms with E-state index in [2.05, 4.69) is 61.5 Å². The second-order valence-electron chi connectivity index (χ2n) is 19.2. The summed E-state index contributed by atoms with van der Waals surface area (Å²) in [6.45, 7) is 13.6. The highest BCUT2D eigenvalue weighted by atomic mass is 35.5. The lowest BCUT2D eigenvalue weighted by Gasteiger charge is -2.20. The molecule has 0 atom stereocenters. The van der Waals surface area contributed by atoms with Crippen molar-refractivity contribution in [2.75, 3.05) is 57.2 Å². The molecule has 0 radical (unpaired) electrons. The Morgan fingerprint density at radius 1 is 0.514 bits per heavy atom. The molecule has 4 aromatic carbocycles. The van der Waals surface area contributed by atoms with Gasteiger partial charge in [-0.2, -0.15) is 0 Å². The van der Waals surface area contributed by atoms with Gasteiger partial charge in [0, 0.05) is 55.1 Å². The largest absolute Gasteiger partial charge is 0.368 e. The molecule has 0 saturated carbocycles. The number of carbonyl (C=O) groups excluding carboxylic acids is 2. The Balaban J connectivity index is 0.000000182. The highest BCUT2D eigenvalue weighted by Crippen LogP contribution is 2.44. The Bertz CT molecular complexity index is 3490. The Hall–Kier alpha value is -6.90. The van der Waals surface area contributed by atoms with Gasteiger partial charge in [-0.15, -0.1) is 22.7 Å². The number of carbonyl (C=O) groups is 2. The molecule has 4 aromatic heterocycles. The number of halogens is 6. The molecule has 0 bridgehead atoms. The summed E-state index contributed by atoms with van der Waals surface area (Å²) >= 11 is 21.3. The number of nitrogens with two attached hydrogens (primary N) is 2. The highest BCUT2D eigenvalue weighted by Gasteiger charge is 2.36. The molecule has 0 spiro atoms. The zero-order chi connectivity index (χ0) is 53.0. The van der Waals surface area contributed by atoms with E-state index in [1.54, 1.807) is 71.9 Å². The quantitative estimate of drug-likeness (QED) is 0.149. The van der Waals surface area contributed by atoms with Gasteiger partial charge in [-0.25, -0.2) is 52.7 Å². The number of nitrogens with zero attached hydrogens (tertiary/aromatic N) is 10. The minimum Gasteiger partial charge on any atom is -0.368 e. The standard InChI is InChI=1S/C26H23Cl2FN6OS.C26H23ClF2N6OS/c1-26(2,3)23-33-21(19-8-9-31-24(30)32-19)22(37-23)14-4-7-18(29)20(12-14)35-11-10-34(25(35)36)15-5-6-16(27)17(28)13-15;1-26(2,3)23-33-21(18-8-9-31-24(30)32-18)22(37-23)14-4-6-17(29)20(12-14)35-11-10-34(25(35)36)19-7-5-15(28)13-16(19)27/h2*4-9,12-13H,10-11H2,1-3H3,(H2,30,31,32). The normalized spacial score (nSPS) is 14.1. The summed E-state index contributed by atoms with van der Waals surface area (Å²) in [4.78, 5) is 60.3. The highest BCUT2D eigenvalue weighted by molar-refractivity contribution is 7.16. The zero-order valence-electron chi connectivity index (χ0n) is 40.6. The number of thiazole rings is 2. The molecule has 2 fully saturated rings. The molecule has 0 unspecified atom stereocenters. The first-order valence-electron chi connectivity index (χ1n) is 22.9. The topological polar surface area (TPSA) is 176 Å². The van der Waals surface area contributed by atoms with E-state index in [9.17, 15) is 14.0 Å². The summed E-state index contributed by atoms with van der Waals surface area (Å²) < 4.78 is 43.8. The SMILES string of the molecule is CC(C)(C)c1nc(-c2ccnc(N)n2)c(-c2ccc(F)c(N3CCN(c4ccc(Cl)c(Cl)c4)C3=O)c2)s1.CC(C)(C)c1nc(-c2ccnc(N)n2)c(-c2ccc(F)c(N3CCN(c4ccc(F)cc4Cl)C3=O)c2)s1. The molecular weight excluding hydrogens is 1050 g/mol. The minimum absolute atomic E-state index is 0.109. The molecule has 0 aliphatic carbocycles. The number of rotatable bonds is 8. The van der Waals surface area contributed by atoms with Crippen molar-refractivity contribution in [1.82, 2.24) is 29.9 Å². The van der Waals surface area contributed by atoms with E-state index in [4.69, 9.17) is 56.2 Å². The molecule has 10 rings (SSSR count). The van der Waals surface area contributed by atoms with Gasteiger partial charge in [-0.3, -0.25) is 19.6 Å². The maximum Gasteiger partial charge on any atom is 0.329 e. The van der Waals surface area contributed by atoms with Crippen LogP contribution in [0.25, 0.3) is 43.7 Å². The zero-order valence-corrected chi connectivity index (χ0v) is 44.5. The maximum absolute atomic E-state index is 15.1. The smallest absolute Gasteiger partial charge is 0.329 e. The number of hydrogen-bond donors (Lipinski definition) is 2.